The van der Waals surface area contributed by atoms with E-state index in [1.807, 2.05) is 0 Å². The van der Waals surface area contributed by atoms with Gasteiger partial charge in [0.1, 0.15) is 5.82 Å². The van der Waals surface area contributed by atoms with Crippen molar-refractivity contribution in [2.75, 3.05) is 0 Å². The first kappa shape index (κ1) is 15.8. The molecule has 0 aromatic heterocycles. The van der Waals surface area contributed by atoms with Crippen LogP contribution < -0.4 is 0 Å². The largest absolute Gasteiger partial charge is 0.416 e. The molecule has 0 bridgehead atoms. The van der Waals surface area contributed by atoms with Crippen molar-refractivity contribution in [3.8, 4) is 0 Å². The molecule has 112 valence electrons. The molecular formula is C16H13ClF4. The SMILES string of the molecule is Cc1cc(C(Cl)Cc2ccc(C(F)(F)F)cc2)ccc1F. The monoisotopic (exact) mass is 316 g/mol. The van der Waals surface area contributed by atoms with E-state index in [4.69, 9.17) is 11.6 Å². The van der Waals surface area contributed by atoms with E-state index in [-0.39, 0.29) is 5.82 Å². The summed E-state index contributed by atoms with van der Waals surface area (Å²) in [5, 5.41) is -0.416. The van der Waals surface area contributed by atoms with Gasteiger partial charge in [-0.05, 0) is 48.2 Å². The predicted molar refractivity (Wildman–Crippen MR) is 74.9 cm³/mol. The summed E-state index contributed by atoms with van der Waals surface area (Å²) in [6, 6.07) is 9.47. The second-order valence-corrected chi connectivity index (χ2v) is 5.40. The van der Waals surface area contributed by atoms with E-state index in [0.29, 0.717) is 17.5 Å². The van der Waals surface area contributed by atoms with E-state index in [1.54, 1.807) is 19.1 Å². The fourth-order valence-electron chi connectivity index (χ4n) is 2.02. The maximum atomic E-state index is 13.2. The third kappa shape index (κ3) is 3.97. The van der Waals surface area contributed by atoms with Crippen LogP contribution >= 0.6 is 11.6 Å². The number of halogens is 5. The van der Waals surface area contributed by atoms with E-state index >= 15 is 0 Å². The molecule has 21 heavy (non-hydrogen) atoms. The lowest BCUT2D eigenvalue weighted by molar-refractivity contribution is -0.137. The first-order valence-electron chi connectivity index (χ1n) is 6.33. The Morgan fingerprint density at radius 2 is 1.67 bits per heavy atom. The number of hydrogen-bond acceptors (Lipinski definition) is 0. The van der Waals surface area contributed by atoms with Gasteiger partial charge in [0.25, 0.3) is 0 Å². The molecule has 0 heterocycles. The van der Waals surface area contributed by atoms with Crippen LogP contribution in [0.1, 0.15) is 27.6 Å². The first-order chi connectivity index (χ1) is 9.77. The van der Waals surface area contributed by atoms with Gasteiger partial charge in [0.05, 0.1) is 10.9 Å². The molecular weight excluding hydrogens is 304 g/mol. The maximum absolute atomic E-state index is 13.2. The van der Waals surface area contributed by atoms with Crippen molar-refractivity contribution >= 4 is 11.6 Å². The number of hydrogen-bond donors (Lipinski definition) is 0. The minimum atomic E-state index is -4.34. The molecule has 0 aliphatic carbocycles. The molecule has 2 aromatic rings. The van der Waals surface area contributed by atoms with Crippen molar-refractivity contribution < 1.29 is 17.6 Å². The van der Waals surface area contributed by atoms with E-state index in [1.165, 1.54) is 18.2 Å². The average molecular weight is 317 g/mol. The van der Waals surface area contributed by atoms with E-state index < -0.39 is 17.1 Å². The molecule has 0 spiro atoms. The molecule has 0 fully saturated rings. The van der Waals surface area contributed by atoms with Crippen LogP contribution in [0.5, 0.6) is 0 Å². The molecule has 5 heteroatoms. The second-order valence-electron chi connectivity index (χ2n) is 4.87. The molecule has 0 saturated heterocycles. The van der Waals surface area contributed by atoms with Gasteiger partial charge < -0.3 is 0 Å². The fourth-order valence-corrected chi connectivity index (χ4v) is 2.33. The molecule has 1 atom stereocenters. The van der Waals surface area contributed by atoms with Gasteiger partial charge >= 0.3 is 6.18 Å². The Balaban J connectivity index is 2.12. The quantitative estimate of drug-likeness (QED) is 0.505. The lowest BCUT2D eigenvalue weighted by atomic mass is 10.0. The number of aryl methyl sites for hydroxylation is 1. The van der Waals surface area contributed by atoms with E-state index in [0.717, 1.165) is 17.7 Å². The van der Waals surface area contributed by atoms with E-state index in [9.17, 15) is 17.6 Å². The number of alkyl halides is 4. The lowest BCUT2D eigenvalue weighted by Gasteiger charge is -2.12. The second kappa shape index (κ2) is 6.06. The summed E-state index contributed by atoms with van der Waals surface area (Å²) in [5.74, 6) is -0.308. The van der Waals surface area contributed by atoms with Gasteiger partial charge in [0, 0.05) is 0 Å². The van der Waals surface area contributed by atoms with Crippen LogP contribution in [-0.2, 0) is 12.6 Å². The van der Waals surface area contributed by atoms with Crippen molar-refractivity contribution in [3.63, 3.8) is 0 Å². The number of benzene rings is 2. The normalized spacial score (nSPS) is 13.2. The highest BCUT2D eigenvalue weighted by Crippen LogP contribution is 2.31. The Kier molecular flexibility index (Phi) is 4.57. The highest BCUT2D eigenvalue weighted by Gasteiger charge is 2.29. The highest BCUT2D eigenvalue weighted by molar-refractivity contribution is 6.20. The Labute approximate surface area is 125 Å². The molecule has 2 aromatic carbocycles. The fraction of sp³-hybridized carbons (Fsp3) is 0.250. The molecule has 2 rings (SSSR count). The Hall–Kier alpha value is -1.55. The van der Waals surface area contributed by atoms with Crippen molar-refractivity contribution in [2.45, 2.75) is 24.9 Å². The molecule has 0 aliphatic heterocycles. The first-order valence-corrected chi connectivity index (χ1v) is 6.77. The van der Waals surface area contributed by atoms with Gasteiger partial charge in [0.2, 0.25) is 0 Å². The zero-order valence-corrected chi connectivity index (χ0v) is 12.0. The Morgan fingerprint density at radius 3 is 2.19 bits per heavy atom. The molecule has 0 N–H and O–H groups in total. The Bertz CT molecular complexity index is 617. The summed E-state index contributed by atoms with van der Waals surface area (Å²) in [6.07, 6.45) is -3.96. The molecule has 0 saturated carbocycles. The topological polar surface area (TPSA) is 0 Å². The average Bonchev–Trinajstić information content (AvgIpc) is 2.41. The summed E-state index contributed by atoms with van der Waals surface area (Å²) in [5.41, 5.74) is 1.25. The summed E-state index contributed by atoms with van der Waals surface area (Å²) >= 11 is 6.25. The molecule has 0 amide bonds. The minimum absolute atomic E-state index is 0.308. The highest BCUT2D eigenvalue weighted by atomic mass is 35.5. The maximum Gasteiger partial charge on any atom is 0.416 e. The van der Waals surface area contributed by atoms with Crippen LogP contribution in [0.2, 0.25) is 0 Å². The zero-order valence-electron chi connectivity index (χ0n) is 11.2. The zero-order chi connectivity index (χ0) is 15.6. The third-order valence-electron chi connectivity index (χ3n) is 3.24. The van der Waals surface area contributed by atoms with Gasteiger partial charge in [-0.2, -0.15) is 13.2 Å². The van der Waals surface area contributed by atoms with Crippen molar-refractivity contribution in [2.24, 2.45) is 0 Å². The van der Waals surface area contributed by atoms with Crippen molar-refractivity contribution in [1.29, 1.82) is 0 Å². The molecule has 0 aliphatic rings. The van der Waals surface area contributed by atoms with Crippen LogP contribution in [0.25, 0.3) is 0 Å². The summed E-state index contributed by atoms with van der Waals surface area (Å²) < 4.78 is 50.6. The standard InChI is InChI=1S/C16H13ClF4/c1-10-8-12(4-7-15(10)18)14(17)9-11-2-5-13(6-3-11)16(19,20)21/h2-8,14H,9H2,1H3. The van der Waals surface area contributed by atoms with Crippen LogP contribution in [0.15, 0.2) is 42.5 Å². The van der Waals surface area contributed by atoms with Crippen LogP contribution in [0.3, 0.4) is 0 Å². The van der Waals surface area contributed by atoms with Crippen LogP contribution in [0, 0.1) is 12.7 Å². The molecule has 0 nitrogen and oxygen atoms in total. The Morgan fingerprint density at radius 1 is 1.05 bits per heavy atom. The van der Waals surface area contributed by atoms with Crippen LogP contribution in [0.4, 0.5) is 17.6 Å². The van der Waals surface area contributed by atoms with Gasteiger partial charge in [-0.15, -0.1) is 11.6 Å². The summed E-state index contributed by atoms with van der Waals surface area (Å²) in [7, 11) is 0. The van der Waals surface area contributed by atoms with Crippen LogP contribution in [-0.4, -0.2) is 0 Å². The number of rotatable bonds is 3. The molecule has 0 radical (unpaired) electrons. The summed E-state index contributed by atoms with van der Waals surface area (Å²) in [4.78, 5) is 0. The smallest absolute Gasteiger partial charge is 0.207 e. The van der Waals surface area contributed by atoms with Gasteiger partial charge in [-0.3, -0.25) is 0 Å². The predicted octanol–water partition coefficient (Wildman–Crippen LogP) is 5.68. The van der Waals surface area contributed by atoms with E-state index in [2.05, 4.69) is 0 Å². The summed E-state index contributed by atoms with van der Waals surface area (Å²) in [6.45, 7) is 1.64. The van der Waals surface area contributed by atoms with Gasteiger partial charge in [-0.25, -0.2) is 4.39 Å². The van der Waals surface area contributed by atoms with Crippen molar-refractivity contribution in [1.82, 2.24) is 0 Å². The van der Waals surface area contributed by atoms with Gasteiger partial charge in [0.15, 0.2) is 0 Å². The minimum Gasteiger partial charge on any atom is -0.207 e. The van der Waals surface area contributed by atoms with Gasteiger partial charge in [-0.1, -0.05) is 24.3 Å². The van der Waals surface area contributed by atoms with Crippen molar-refractivity contribution in [3.05, 3.63) is 70.5 Å². The third-order valence-corrected chi connectivity index (χ3v) is 3.65. The molecule has 1 unspecified atom stereocenters. The lowest BCUT2D eigenvalue weighted by Crippen LogP contribution is -2.05.